The second-order valence-electron chi connectivity index (χ2n) is 15.3. The summed E-state index contributed by atoms with van der Waals surface area (Å²) < 4.78 is 0. The van der Waals surface area contributed by atoms with Crippen molar-refractivity contribution in [2.45, 2.75) is 121 Å². The predicted molar refractivity (Wildman–Crippen MR) is 217 cm³/mol. The van der Waals surface area contributed by atoms with Gasteiger partial charge in [-0.05, 0) is 81.7 Å². The molecule has 1 aliphatic rings. The maximum Gasteiger partial charge on any atom is 0.326 e. The van der Waals surface area contributed by atoms with Crippen LogP contribution in [0.5, 0.6) is 5.75 Å². The molecule has 18 nitrogen and oxygen atoms in total. The van der Waals surface area contributed by atoms with Crippen LogP contribution < -0.4 is 38.1 Å². The van der Waals surface area contributed by atoms with E-state index in [1.165, 1.54) is 30.9 Å². The number of benzene rings is 2. The van der Waals surface area contributed by atoms with E-state index >= 15 is 0 Å². The average Bonchev–Trinajstić information content (AvgIpc) is 3.70. The molecule has 59 heavy (non-hydrogen) atoms. The SMILES string of the molecule is CC(C)[C@H](NC(=O)[C@H](Cc1ccc(O)cc1)NC(=O)[C@@H](N)[C@@H](C)O)C(=O)N1CCC[C@H]1C(=O)N[C@@H](CCCCN)C(=O)N[C@@H](C)C(=O)N[C@@H](Cc1ccccc1)C(=O)O. The lowest BCUT2D eigenvalue weighted by molar-refractivity contribution is -0.143. The molecule has 1 heterocycles. The number of aliphatic hydroxyl groups excluding tert-OH is 1. The zero-order chi connectivity index (χ0) is 43.8. The van der Waals surface area contributed by atoms with E-state index in [9.17, 15) is 48.9 Å². The molecule has 0 bridgehead atoms. The summed E-state index contributed by atoms with van der Waals surface area (Å²) in [7, 11) is 0. The van der Waals surface area contributed by atoms with E-state index in [-0.39, 0.29) is 38.0 Å². The fraction of sp³-hybridized carbons (Fsp3) is 0.537. The van der Waals surface area contributed by atoms with Gasteiger partial charge in [0.1, 0.15) is 48.0 Å². The summed E-state index contributed by atoms with van der Waals surface area (Å²) in [6, 6.07) is 6.44. The van der Waals surface area contributed by atoms with Crippen molar-refractivity contribution < 1.29 is 48.9 Å². The van der Waals surface area contributed by atoms with Crippen LogP contribution in [0, 0.1) is 5.92 Å². The molecule has 0 aromatic heterocycles. The molecule has 324 valence electrons. The molecule has 1 saturated heterocycles. The molecule has 8 atom stereocenters. The number of nitrogens with zero attached hydrogens (tertiary/aromatic N) is 1. The molecule has 2 aromatic carbocycles. The summed E-state index contributed by atoms with van der Waals surface area (Å²) in [5, 5.41) is 42.4. The van der Waals surface area contributed by atoms with Crippen LogP contribution >= 0.6 is 0 Å². The minimum Gasteiger partial charge on any atom is -0.508 e. The van der Waals surface area contributed by atoms with Crippen molar-refractivity contribution in [1.82, 2.24) is 31.5 Å². The number of carbonyl (C=O) groups excluding carboxylic acids is 6. The van der Waals surface area contributed by atoms with Gasteiger partial charge in [-0.3, -0.25) is 28.8 Å². The van der Waals surface area contributed by atoms with Gasteiger partial charge in [0, 0.05) is 19.4 Å². The molecule has 0 spiro atoms. The standard InChI is InChI=1S/C41H60N8O10/c1-23(2)34(48-37(54)30(46-39(56)33(43)25(4)50)21-27-15-17-28(51)18-16-27)40(57)49-20-10-14-32(49)38(55)45-29(13-8-9-19-42)36(53)44-24(3)35(52)47-31(41(58)59)22-26-11-6-5-7-12-26/h5-7,11-12,15-18,23-25,29-34,50-51H,8-10,13-14,19-22,42-43H2,1-4H3,(H,44,53)(H,45,55)(H,46,56)(H,47,52)(H,48,54)(H,58,59)/t24-,25+,29-,30-,31-,32-,33-,34-/m0/s1. The van der Waals surface area contributed by atoms with Crippen molar-refractivity contribution in [2.24, 2.45) is 17.4 Å². The lowest BCUT2D eigenvalue weighted by Gasteiger charge is -2.32. The smallest absolute Gasteiger partial charge is 0.326 e. The number of phenolic OH excluding ortho intramolecular Hbond substituents is 1. The first kappa shape index (κ1) is 47.8. The van der Waals surface area contributed by atoms with Crippen molar-refractivity contribution in [2.75, 3.05) is 13.1 Å². The number of aliphatic hydroxyl groups is 1. The van der Waals surface area contributed by atoms with Gasteiger partial charge in [-0.15, -0.1) is 0 Å². The summed E-state index contributed by atoms with van der Waals surface area (Å²) in [6.45, 7) is 6.66. The molecule has 1 aliphatic heterocycles. The molecule has 0 saturated carbocycles. The first-order valence-electron chi connectivity index (χ1n) is 19.9. The van der Waals surface area contributed by atoms with Crippen LogP contribution in [0.2, 0.25) is 0 Å². The molecule has 0 aliphatic carbocycles. The number of unbranched alkanes of at least 4 members (excludes halogenated alkanes) is 1. The fourth-order valence-electron chi connectivity index (χ4n) is 6.57. The Kier molecular flexibility index (Phi) is 18.7. The van der Waals surface area contributed by atoms with E-state index in [0.717, 1.165) is 0 Å². The largest absolute Gasteiger partial charge is 0.508 e. The van der Waals surface area contributed by atoms with E-state index in [1.54, 1.807) is 56.3 Å². The number of aromatic hydroxyl groups is 1. The number of carboxylic acids is 1. The highest BCUT2D eigenvalue weighted by Crippen LogP contribution is 2.22. The topological polar surface area (TPSA) is 296 Å². The number of carboxylic acid groups (broad SMARTS) is 1. The van der Waals surface area contributed by atoms with Gasteiger partial charge >= 0.3 is 5.97 Å². The summed E-state index contributed by atoms with van der Waals surface area (Å²) >= 11 is 0. The zero-order valence-corrected chi connectivity index (χ0v) is 34.1. The van der Waals surface area contributed by atoms with Crippen LogP contribution in [0.1, 0.15) is 70.9 Å². The van der Waals surface area contributed by atoms with Crippen LogP contribution in [0.25, 0.3) is 0 Å². The van der Waals surface area contributed by atoms with E-state index in [1.807, 2.05) is 0 Å². The molecule has 3 rings (SSSR count). The van der Waals surface area contributed by atoms with E-state index in [0.29, 0.717) is 36.9 Å². The number of hydrogen-bond acceptors (Lipinski definition) is 11. The van der Waals surface area contributed by atoms with Gasteiger partial charge in [-0.1, -0.05) is 56.3 Å². The highest BCUT2D eigenvalue weighted by molar-refractivity contribution is 5.97. The molecule has 0 radical (unpaired) electrons. The van der Waals surface area contributed by atoms with Gasteiger partial charge in [0.25, 0.3) is 0 Å². The summed E-state index contributed by atoms with van der Waals surface area (Å²) in [4.78, 5) is 94.6. The number of likely N-dealkylation sites (tertiary alicyclic amines) is 1. The third kappa shape index (κ3) is 14.6. The number of aliphatic carboxylic acids is 1. The van der Waals surface area contributed by atoms with Crippen molar-refractivity contribution in [3.05, 3.63) is 65.7 Å². The molecule has 12 N–H and O–H groups in total. The Morgan fingerprint density at radius 3 is 1.93 bits per heavy atom. The number of amides is 6. The minimum absolute atomic E-state index is 0.00474. The Hall–Kier alpha value is -5.59. The van der Waals surface area contributed by atoms with Crippen LogP contribution in [0.4, 0.5) is 0 Å². The van der Waals surface area contributed by atoms with Crippen molar-refractivity contribution in [1.29, 1.82) is 0 Å². The van der Waals surface area contributed by atoms with Crippen molar-refractivity contribution in [3.8, 4) is 5.75 Å². The summed E-state index contributed by atoms with van der Waals surface area (Å²) in [5.41, 5.74) is 12.8. The predicted octanol–water partition coefficient (Wildman–Crippen LogP) is -0.810. The third-order valence-corrected chi connectivity index (χ3v) is 10.1. The highest BCUT2D eigenvalue weighted by Gasteiger charge is 2.41. The highest BCUT2D eigenvalue weighted by atomic mass is 16.4. The number of phenols is 1. The molecular formula is C41H60N8O10. The van der Waals surface area contributed by atoms with E-state index in [2.05, 4.69) is 26.6 Å². The molecule has 1 fully saturated rings. The Morgan fingerprint density at radius 2 is 1.34 bits per heavy atom. The maximum absolute atomic E-state index is 14.2. The van der Waals surface area contributed by atoms with Gasteiger partial charge in [0.05, 0.1) is 6.10 Å². The first-order valence-corrected chi connectivity index (χ1v) is 19.9. The van der Waals surface area contributed by atoms with Crippen LogP contribution in [-0.2, 0) is 46.4 Å². The Bertz CT molecular complexity index is 1740. The fourth-order valence-corrected chi connectivity index (χ4v) is 6.57. The van der Waals surface area contributed by atoms with Crippen LogP contribution in [0.3, 0.4) is 0 Å². The molecule has 2 aromatic rings. The van der Waals surface area contributed by atoms with Crippen molar-refractivity contribution in [3.63, 3.8) is 0 Å². The zero-order valence-electron chi connectivity index (χ0n) is 34.1. The molecule has 6 amide bonds. The quantitative estimate of drug-likeness (QED) is 0.0653. The van der Waals surface area contributed by atoms with Gasteiger partial charge in [0.15, 0.2) is 0 Å². The molecular weight excluding hydrogens is 764 g/mol. The monoisotopic (exact) mass is 824 g/mol. The third-order valence-electron chi connectivity index (χ3n) is 10.1. The van der Waals surface area contributed by atoms with Crippen LogP contribution in [-0.4, -0.2) is 123 Å². The lowest BCUT2D eigenvalue weighted by Crippen LogP contribution is -2.60. The number of hydrogen-bond donors (Lipinski definition) is 10. The molecule has 0 unspecified atom stereocenters. The lowest BCUT2D eigenvalue weighted by atomic mass is 9.99. The average molecular weight is 825 g/mol. The van der Waals surface area contributed by atoms with Crippen LogP contribution in [0.15, 0.2) is 54.6 Å². The number of rotatable bonds is 22. The summed E-state index contributed by atoms with van der Waals surface area (Å²) in [5.74, 6) is -5.84. The van der Waals surface area contributed by atoms with E-state index in [4.69, 9.17) is 11.5 Å². The number of carbonyl (C=O) groups is 7. The van der Waals surface area contributed by atoms with E-state index < -0.39 is 95.7 Å². The Morgan fingerprint density at radius 1 is 0.746 bits per heavy atom. The Labute approximate surface area is 344 Å². The minimum atomic E-state index is -1.34. The second-order valence-corrected chi connectivity index (χ2v) is 15.3. The Balaban J connectivity index is 1.74. The first-order chi connectivity index (χ1) is 27.9. The van der Waals surface area contributed by atoms with Gasteiger partial charge in [-0.2, -0.15) is 0 Å². The molecule has 18 heteroatoms. The normalized spacial score (nSPS) is 17.4. The van der Waals surface area contributed by atoms with Gasteiger partial charge in [-0.25, -0.2) is 4.79 Å². The van der Waals surface area contributed by atoms with Crippen molar-refractivity contribution >= 4 is 41.4 Å². The maximum atomic E-state index is 14.2. The van der Waals surface area contributed by atoms with Gasteiger partial charge < -0.3 is 58.3 Å². The number of nitrogens with one attached hydrogen (secondary N) is 5. The van der Waals surface area contributed by atoms with Gasteiger partial charge in [0.2, 0.25) is 35.4 Å². The second kappa shape index (κ2) is 23.1. The summed E-state index contributed by atoms with van der Waals surface area (Å²) in [6.07, 6.45) is 0.632. The number of nitrogens with two attached hydrogens (primary N) is 2.